The summed E-state index contributed by atoms with van der Waals surface area (Å²) in [5, 5.41) is 5.52. The number of hydrogen-bond donors (Lipinski definition) is 0. The molecule has 0 radical (unpaired) electrons. The number of rotatable bonds is 4. The zero-order valence-electron chi connectivity index (χ0n) is 15.7. The van der Waals surface area contributed by atoms with Gasteiger partial charge in [-0.3, -0.25) is 9.48 Å². The molecule has 2 aromatic rings. The maximum atomic E-state index is 13.5. The Balaban J connectivity index is 1.64. The summed E-state index contributed by atoms with van der Waals surface area (Å²) < 4.78 is 7.37. The molecule has 1 amide bonds. The van der Waals surface area contributed by atoms with E-state index in [-0.39, 0.29) is 5.91 Å². The SMILES string of the molecule is CN1CCC(N(CC2CCOC2)C(=O)c2nn(C)c3ccccc23)CC1. The number of amides is 1. The molecule has 2 aliphatic heterocycles. The van der Waals surface area contributed by atoms with Crippen LogP contribution in [0.25, 0.3) is 10.9 Å². The average Bonchev–Trinajstić information content (AvgIpc) is 3.28. The minimum atomic E-state index is 0.0725. The summed E-state index contributed by atoms with van der Waals surface area (Å²) in [4.78, 5) is 18.0. The van der Waals surface area contributed by atoms with E-state index < -0.39 is 0 Å². The second-order valence-corrected chi connectivity index (χ2v) is 7.71. The Morgan fingerprint density at radius 2 is 2.00 bits per heavy atom. The first-order valence-corrected chi connectivity index (χ1v) is 9.62. The lowest BCUT2D eigenvalue weighted by Crippen LogP contribution is -2.48. The molecular weight excluding hydrogens is 328 g/mol. The van der Waals surface area contributed by atoms with Crippen LogP contribution >= 0.6 is 0 Å². The van der Waals surface area contributed by atoms with Crippen LogP contribution in [0.4, 0.5) is 0 Å². The van der Waals surface area contributed by atoms with Crippen molar-refractivity contribution >= 4 is 16.8 Å². The number of para-hydroxylation sites is 1. The zero-order valence-corrected chi connectivity index (χ0v) is 15.7. The Morgan fingerprint density at radius 3 is 2.73 bits per heavy atom. The third-order valence-electron chi connectivity index (χ3n) is 5.83. The third-order valence-corrected chi connectivity index (χ3v) is 5.83. The van der Waals surface area contributed by atoms with E-state index in [2.05, 4.69) is 21.9 Å². The summed E-state index contributed by atoms with van der Waals surface area (Å²) in [6.45, 7) is 4.43. The van der Waals surface area contributed by atoms with Gasteiger partial charge in [-0.2, -0.15) is 5.10 Å². The highest BCUT2D eigenvalue weighted by Crippen LogP contribution is 2.25. The number of hydrogen-bond acceptors (Lipinski definition) is 4. The van der Waals surface area contributed by atoms with Crippen LogP contribution in [0.3, 0.4) is 0 Å². The molecule has 1 aromatic carbocycles. The zero-order chi connectivity index (χ0) is 18.1. The van der Waals surface area contributed by atoms with Gasteiger partial charge in [0.25, 0.3) is 5.91 Å². The van der Waals surface area contributed by atoms with Gasteiger partial charge >= 0.3 is 0 Å². The molecule has 0 saturated carbocycles. The molecule has 1 unspecified atom stereocenters. The second kappa shape index (κ2) is 7.37. The Morgan fingerprint density at radius 1 is 1.23 bits per heavy atom. The van der Waals surface area contributed by atoms with E-state index in [1.165, 1.54) is 0 Å². The highest BCUT2D eigenvalue weighted by atomic mass is 16.5. The molecule has 0 spiro atoms. The van der Waals surface area contributed by atoms with Gasteiger partial charge in [-0.1, -0.05) is 18.2 Å². The number of aryl methyl sites for hydroxylation is 1. The van der Waals surface area contributed by atoms with Crippen LogP contribution in [0.15, 0.2) is 24.3 Å². The number of fused-ring (bicyclic) bond motifs is 1. The fraction of sp³-hybridized carbons (Fsp3) is 0.600. The molecule has 2 aliphatic rings. The second-order valence-electron chi connectivity index (χ2n) is 7.71. The number of aromatic nitrogens is 2. The van der Waals surface area contributed by atoms with Crippen LogP contribution in [0.1, 0.15) is 29.8 Å². The quantitative estimate of drug-likeness (QED) is 0.842. The van der Waals surface area contributed by atoms with Crippen LogP contribution in [0, 0.1) is 5.92 Å². The first-order chi connectivity index (χ1) is 12.6. The van der Waals surface area contributed by atoms with Gasteiger partial charge in [0.15, 0.2) is 5.69 Å². The van der Waals surface area contributed by atoms with Crippen LogP contribution in [0.5, 0.6) is 0 Å². The topological polar surface area (TPSA) is 50.6 Å². The predicted molar refractivity (Wildman–Crippen MR) is 101 cm³/mol. The molecule has 0 aliphatic carbocycles. The summed E-state index contributed by atoms with van der Waals surface area (Å²) in [6, 6.07) is 8.28. The predicted octanol–water partition coefficient (Wildman–Crippen LogP) is 2.15. The molecular formula is C20H28N4O2. The first-order valence-electron chi connectivity index (χ1n) is 9.62. The highest BCUT2D eigenvalue weighted by Gasteiger charge is 2.32. The lowest BCUT2D eigenvalue weighted by Gasteiger charge is -2.38. The van der Waals surface area contributed by atoms with E-state index in [9.17, 15) is 4.79 Å². The summed E-state index contributed by atoms with van der Waals surface area (Å²) in [5.74, 6) is 0.511. The number of carbonyl (C=O) groups is 1. The lowest BCUT2D eigenvalue weighted by molar-refractivity contribution is 0.0532. The van der Waals surface area contributed by atoms with Gasteiger partial charge < -0.3 is 14.5 Å². The van der Waals surface area contributed by atoms with Gasteiger partial charge in [-0.25, -0.2) is 0 Å². The van der Waals surface area contributed by atoms with Crippen molar-refractivity contribution in [3.8, 4) is 0 Å². The van der Waals surface area contributed by atoms with Crippen LogP contribution < -0.4 is 0 Å². The normalized spacial score (nSPS) is 22.2. The first kappa shape index (κ1) is 17.5. The van der Waals surface area contributed by atoms with Gasteiger partial charge in [0.1, 0.15) is 0 Å². The van der Waals surface area contributed by atoms with Crippen molar-refractivity contribution in [3.63, 3.8) is 0 Å². The van der Waals surface area contributed by atoms with E-state index in [4.69, 9.17) is 4.74 Å². The molecule has 140 valence electrons. The van der Waals surface area contributed by atoms with Crippen molar-refractivity contribution in [1.82, 2.24) is 19.6 Å². The maximum absolute atomic E-state index is 13.5. The maximum Gasteiger partial charge on any atom is 0.275 e. The number of piperidine rings is 1. The summed E-state index contributed by atoms with van der Waals surface area (Å²) in [7, 11) is 4.06. The van der Waals surface area contributed by atoms with E-state index in [0.29, 0.717) is 17.7 Å². The molecule has 1 aromatic heterocycles. The summed E-state index contributed by atoms with van der Waals surface area (Å²) in [6.07, 6.45) is 3.10. The fourth-order valence-electron chi connectivity index (χ4n) is 4.22. The van der Waals surface area contributed by atoms with Gasteiger partial charge in [0.05, 0.1) is 12.1 Å². The van der Waals surface area contributed by atoms with Crippen LogP contribution in [-0.2, 0) is 11.8 Å². The minimum Gasteiger partial charge on any atom is -0.381 e. The van der Waals surface area contributed by atoms with Crippen LogP contribution in [-0.4, -0.2) is 71.4 Å². The fourth-order valence-corrected chi connectivity index (χ4v) is 4.22. The lowest BCUT2D eigenvalue weighted by atomic mass is 10.00. The number of benzene rings is 1. The molecule has 2 fully saturated rings. The van der Waals surface area contributed by atoms with E-state index in [0.717, 1.165) is 63.0 Å². The Hall–Kier alpha value is -1.92. The molecule has 6 nitrogen and oxygen atoms in total. The van der Waals surface area contributed by atoms with Crippen molar-refractivity contribution in [2.24, 2.45) is 13.0 Å². The molecule has 4 rings (SSSR count). The molecule has 0 bridgehead atoms. The number of nitrogens with zero attached hydrogens (tertiary/aromatic N) is 4. The molecule has 26 heavy (non-hydrogen) atoms. The largest absolute Gasteiger partial charge is 0.381 e. The van der Waals surface area contributed by atoms with Gasteiger partial charge in [-0.05, 0) is 45.5 Å². The Labute approximate surface area is 154 Å². The molecule has 6 heteroatoms. The van der Waals surface area contributed by atoms with Gasteiger partial charge in [0.2, 0.25) is 0 Å². The Bertz CT molecular complexity index is 773. The molecule has 2 saturated heterocycles. The highest BCUT2D eigenvalue weighted by molar-refractivity contribution is 6.05. The van der Waals surface area contributed by atoms with Crippen molar-refractivity contribution in [2.45, 2.75) is 25.3 Å². The summed E-state index contributed by atoms with van der Waals surface area (Å²) in [5.41, 5.74) is 1.59. The standard InChI is InChI=1S/C20H28N4O2/c1-22-10-7-16(8-11-22)24(13-15-9-12-26-14-15)20(25)19-17-5-3-4-6-18(17)23(2)21-19/h3-6,15-16H,7-14H2,1-2H3. The molecule has 0 N–H and O–H groups in total. The third kappa shape index (κ3) is 3.35. The van der Waals surface area contributed by atoms with Crippen LogP contribution in [0.2, 0.25) is 0 Å². The van der Waals surface area contributed by atoms with E-state index >= 15 is 0 Å². The summed E-state index contributed by atoms with van der Waals surface area (Å²) >= 11 is 0. The number of likely N-dealkylation sites (tertiary alicyclic amines) is 1. The average molecular weight is 356 g/mol. The number of carbonyl (C=O) groups excluding carboxylic acids is 1. The number of ether oxygens (including phenoxy) is 1. The van der Waals surface area contributed by atoms with Gasteiger partial charge in [-0.15, -0.1) is 0 Å². The monoisotopic (exact) mass is 356 g/mol. The van der Waals surface area contributed by atoms with E-state index in [1.54, 1.807) is 0 Å². The molecule has 1 atom stereocenters. The van der Waals surface area contributed by atoms with Gasteiger partial charge in [0, 0.05) is 37.5 Å². The van der Waals surface area contributed by atoms with Crippen molar-refractivity contribution < 1.29 is 9.53 Å². The van der Waals surface area contributed by atoms with Crippen molar-refractivity contribution in [1.29, 1.82) is 0 Å². The van der Waals surface area contributed by atoms with E-state index in [1.807, 2.05) is 36.0 Å². The smallest absolute Gasteiger partial charge is 0.275 e. The van der Waals surface area contributed by atoms with Crippen molar-refractivity contribution in [3.05, 3.63) is 30.0 Å². The molecule has 3 heterocycles. The van der Waals surface area contributed by atoms with Crippen molar-refractivity contribution in [2.75, 3.05) is 39.9 Å². The minimum absolute atomic E-state index is 0.0725. The Kier molecular flexibility index (Phi) is 4.96.